The summed E-state index contributed by atoms with van der Waals surface area (Å²) in [5, 5.41) is 0. The zero-order valence-corrected chi connectivity index (χ0v) is 14.2. The van der Waals surface area contributed by atoms with Gasteiger partial charge < -0.3 is 0 Å². The number of hydrogen-bond acceptors (Lipinski definition) is 4. The van der Waals surface area contributed by atoms with Crippen molar-refractivity contribution in [2.75, 3.05) is 13.1 Å². The molecule has 1 atom stereocenters. The van der Waals surface area contributed by atoms with E-state index in [4.69, 9.17) is 0 Å². The van der Waals surface area contributed by atoms with Crippen LogP contribution >= 0.6 is 11.3 Å². The molecule has 4 nitrogen and oxygen atoms in total. The molecule has 0 saturated carbocycles. The van der Waals surface area contributed by atoms with Crippen molar-refractivity contribution in [2.24, 2.45) is 0 Å². The van der Waals surface area contributed by atoms with Gasteiger partial charge in [-0.25, -0.2) is 13.1 Å². The van der Waals surface area contributed by atoms with Crippen LogP contribution in [0, 0.1) is 6.92 Å². The highest BCUT2D eigenvalue weighted by molar-refractivity contribution is 7.91. The number of benzene rings is 1. The van der Waals surface area contributed by atoms with Crippen LogP contribution in [0.15, 0.2) is 46.7 Å². The van der Waals surface area contributed by atoms with E-state index in [1.807, 2.05) is 31.2 Å². The second kappa shape index (κ2) is 6.50. The van der Waals surface area contributed by atoms with Gasteiger partial charge in [-0.2, -0.15) is 0 Å². The van der Waals surface area contributed by atoms with Gasteiger partial charge in [0.1, 0.15) is 4.21 Å². The van der Waals surface area contributed by atoms with Crippen LogP contribution in [0.25, 0.3) is 0 Å². The number of rotatable bonds is 5. The van der Waals surface area contributed by atoms with Gasteiger partial charge in [0.05, 0.1) is 0 Å². The molecule has 0 bridgehead atoms. The maximum Gasteiger partial charge on any atom is 0.250 e. The zero-order valence-electron chi connectivity index (χ0n) is 12.5. The summed E-state index contributed by atoms with van der Waals surface area (Å²) in [5.41, 5.74) is 1.26. The molecule has 2 heterocycles. The third kappa shape index (κ3) is 3.76. The van der Waals surface area contributed by atoms with Crippen LogP contribution in [0.5, 0.6) is 0 Å². The first-order valence-corrected chi connectivity index (χ1v) is 9.68. The SMILES string of the molecule is Cc1ccc(S(=O)(=O)NC2CCN(Cc3ccccc3)C2)s1. The van der Waals surface area contributed by atoms with Crippen LogP contribution in [-0.2, 0) is 16.6 Å². The van der Waals surface area contributed by atoms with E-state index >= 15 is 0 Å². The van der Waals surface area contributed by atoms with Gasteiger partial charge in [-0.1, -0.05) is 30.3 Å². The van der Waals surface area contributed by atoms with E-state index in [9.17, 15) is 8.42 Å². The third-order valence-corrected chi connectivity index (χ3v) is 6.84. The van der Waals surface area contributed by atoms with Gasteiger partial charge in [0.15, 0.2) is 0 Å². The summed E-state index contributed by atoms with van der Waals surface area (Å²) in [4.78, 5) is 3.31. The lowest BCUT2D eigenvalue weighted by Gasteiger charge is -2.16. The molecule has 0 aliphatic carbocycles. The lowest BCUT2D eigenvalue weighted by Crippen LogP contribution is -2.36. The highest BCUT2D eigenvalue weighted by atomic mass is 32.2. The van der Waals surface area contributed by atoms with Crippen molar-refractivity contribution in [3.05, 3.63) is 52.9 Å². The number of sulfonamides is 1. The van der Waals surface area contributed by atoms with Gasteiger partial charge in [-0.05, 0) is 31.0 Å². The molecule has 118 valence electrons. The summed E-state index contributed by atoms with van der Waals surface area (Å²) >= 11 is 1.32. The maximum absolute atomic E-state index is 12.3. The monoisotopic (exact) mass is 336 g/mol. The first-order chi connectivity index (χ1) is 10.5. The van der Waals surface area contributed by atoms with Gasteiger partial charge in [0.25, 0.3) is 0 Å². The topological polar surface area (TPSA) is 49.4 Å². The van der Waals surface area contributed by atoms with Crippen molar-refractivity contribution in [2.45, 2.75) is 30.1 Å². The van der Waals surface area contributed by atoms with E-state index in [2.05, 4.69) is 21.8 Å². The summed E-state index contributed by atoms with van der Waals surface area (Å²) in [6.45, 7) is 4.47. The number of nitrogens with one attached hydrogen (secondary N) is 1. The molecule has 6 heteroatoms. The number of hydrogen-bond donors (Lipinski definition) is 1. The number of aryl methyl sites for hydroxylation is 1. The molecule has 2 aromatic rings. The van der Waals surface area contributed by atoms with Crippen LogP contribution in [0.4, 0.5) is 0 Å². The molecule has 3 rings (SSSR count). The van der Waals surface area contributed by atoms with E-state index in [0.29, 0.717) is 4.21 Å². The summed E-state index contributed by atoms with van der Waals surface area (Å²) in [6, 6.07) is 13.8. The average molecular weight is 336 g/mol. The Morgan fingerprint density at radius 1 is 1.23 bits per heavy atom. The van der Waals surface area contributed by atoms with Crippen molar-refractivity contribution < 1.29 is 8.42 Å². The molecule has 1 aromatic carbocycles. The Kier molecular flexibility index (Phi) is 4.63. The number of likely N-dealkylation sites (tertiary alicyclic amines) is 1. The zero-order chi connectivity index (χ0) is 15.6. The Morgan fingerprint density at radius 2 is 2.00 bits per heavy atom. The minimum absolute atomic E-state index is 0.00359. The van der Waals surface area contributed by atoms with Gasteiger partial charge in [0, 0.05) is 30.6 Å². The second-order valence-electron chi connectivity index (χ2n) is 5.69. The van der Waals surface area contributed by atoms with Gasteiger partial charge >= 0.3 is 0 Å². The molecule has 0 amide bonds. The van der Waals surface area contributed by atoms with Gasteiger partial charge in [-0.15, -0.1) is 11.3 Å². The van der Waals surface area contributed by atoms with E-state index in [-0.39, 0.29) is 6.04 Å². The van der Waals surface area contributed by atoms with Crippen LogP contribution in [0.1, 0.15) is 16.9 Å². The highest BCUT2D eigenvalue weighted by Gasteiger charge is 2.27. The van der Waals surface area contributed by atoms with Crippen LogP contribution < -0.4 is 4.72 Å². The lowest BCUT2D eigenvalue weighted by molar-refractivity contribution is 0.324. The van der Waals surface area contributed by atoms with Gasteiger partial charge in [-0.3, -0.25) is 4.90 Å². The Labute approximate surface area is 135 Å². The minimum Gasteiger partial charge on any atom is -0.297 e. The van der Waals surface area contributed by atoms with Crippen molar-refractivity contribution in [3.8, 4) is 0 Å². The molecule has 1 aromatic heterocycles. The molecule has 0 radical (unpaired) electrons. The molecule has 1 aliphatic heterocycles. The second-order valence-corrected chi connectivity index (χ2v) is 8.92. The first-order valence-electron chi connectivity index (χ1n) is 7.38. The van der Waals surface area contributed by atoms with Crippen molar-refractivity contribution in [1.82, 2.24) is 9.62 Å². The molecular formula is C16H20N2O2S2. The van der Waals surface area contributed by atoms with Crippen molar-refractivity contribution >= 4 is 21.4 Å². The molecule has 0 spiro atoms. The summed E-state index contributed by atoms with van der Waals surface area (Å²) in [5.74, 6) is 0. The number of thiophene rings is 1. The van der Waals surface area contributed by atoms with E-state index in [1.165, 1.54) is 16.9 Å². The summed E-state index contributed by atoms with van der Waals surface area (Å²) in [6.07, 6.45) is 0.858. The van der Waals surface area contributed by atoms with E-state index in [1.54, 1.807) is 6.07 Å². The van der Waals surface area contributed by atoms with Crippen molar-refractivity contribution in [3.63, 3.8) is 0 Å². The van der Waals surface area contributed by atoms with Crippen LogP contribution in [0.3, 0.4) is 0 Å². The predicted octanol–water partition coefficient (Wildman–Crippen LogP) is 2.61. The first kappa shape index (κ1) is 15.7. The highest BCUT2D eigenvalue weighted by Crippen LogP contribution is 2.22. The van der Waals surface area contributed by atoms with E-state index < -0.39 is 10.0 Å². The normalized spacial score (nSPS) is 19.6. The van der Waals surface area contributed by atoms with Gasteiger partial charge in [0.2, 0.25) is 10.0 Å². The Hall–Kier alpha value is -1.21. The molecule has 22 heavy (non-hydrogen) atoms. The largest absolute Gasteiger partial charge is 0.297 e. The lowest BCUT2D eigenvalue weighted by atomic mass is 10.2. The molecule has 1 unspecified atom stereocenters. The summed E-state index contributed by atoms with van der Waals surface area (Å²) < 4.78 is 27.9. The molecule has 1 aliphatic rings. The predicted molar refractivity (Wildman–Crippen MR) is 89.5 cm³/mol. The standard InChI is InChI=1S/C16H20N2O2S2/c1-13-7-8-16(21-13)22(19,20)17-15-9-10-18(12-15)11-14-5-3-2-4-6-14/h2-8,15,17H,9-12H2,1H3. The van der Waals surface area contributed by atoms with Crippen LogP contribution in [-0.4, -0.2) is 32.4 Å². The Morgan fingerprint density at radius 3 is 2.68 bits per heavy atom. The van der Waals surface area contributed by atoms with E-state index in [0.717, 1.165) is 30.9 Å². The smallest absolute Gasteiger partial charge is 0.250 e. The third-order valence-electron chi connectivity index (χ3n) is 3.82. The fraction of sp³-hybridized carbons (Fsp3) is 0.375. The molecule has 1 N–H and O–H groups in total. The fourth-order valence-electron chi connectivity index (χ4n) is 2.75. The molecular weight excluding hydrogens is 316 g/mol. The minimum atomic E-state index is -3.38. The Balaban J connectivity index is 1.59. The quantitative estimate of drug-likeness (QED) is 0.913. The summed E-state index contributed by atoms with van der Waals surface area (Å²) in [7, 11) is -3.38. The molecule has 1 fully saturated rings. The number of nitrogens with zero attached hydrogens (tertiary/aromatic N) is 1. The van der Waals surface area contributed by atoms with Crippen LogP contribution in [0.2, 0.25) is 0 Å². The fourth-order valence-corrected chi connectivity index (χ4v) is 5.31. The average Bonchev–Trinajstić information content (AvgIpc) is 3.09. The molecule has 1 saturated heterocycles. The van der Waals surface area contributed by atoms with Crippen molar-refractivity contribution in [1.29, 1.82) is 0 Å². The Bertz CT molecular complexity index is 726. The maximum atomic E-state index is 12.3.